The summed E-state index contributed by atoms with van der Waals surface area (Å²) in [5.41, 5.74) is 0. The molecule has 29 heavy (non-hydrogen) atoms. The van der Waals surface area contributed by atoms with Crippen LogP contribution in [-0.2, 0) is 4.79 Å². The summed E-state index contributed by atoms with van der Waals surface area (Å²) in [6.07, 6.45) is 1.89. The first-order valence-corrected chi connectivity index (χ1v) is 12.2. The predicted octanol–water partition coefficient (Wildman–Crippen LogP) is 4.17. The van der Waals surface area contributed by atoms with Crippen LogP contribution in [0.15, 0.2) is 101 Å². The number of carbonyl (C=O) groups is 1. The van der Waals surface area contributed by atoms with Gasteiger partial charge in [0.1, 0.15) is 27.0 Å². The molecule has 0 radical (unpaired) electrons. The van der Waals surface area contributed by atoms with Crippen molar-refractivity contribution in [2.24, 2.45) is 0 Å². The van der Waals surface area contributed by atoms with Crippen molar-refractivity contribution < 1.29 is 4.79 Å². The lowest BCUT2D eigenvalue weighted by atomic mass is 10.4. The summed E-state index contributed by atoms with van der Waals surface area (Å²) in [4.78, 5) is 11.9. The van der Waals surface area contributed by atoms with Crippen LogP contribution in [-0.4, -0.2) is 12.2 Å². The van der Waals surface area contributed by atoms with Gasteiger partial charge in [-0.05, 0) is 42.7 Å². The maximum Gasteiger partial charge on any atom is 0.221 e. The molecule has 0 saturated heterocycles. The Morgan fingerprint density at radius 2 is 1.21 bits per heavy atom. The summed E-state index contributed by atoms with van der Waals surface area (Å²) < 4.78 is 0. The van der Waals surface area contributed by atoms with Gasteiger partial charge in [-0.2, -0.15) is 5.26 Å². The molecule has 0 atom stereocenters. The average Bonchev–Trinajstić information content (AvgIpc) is 2.78. The molecule has 3 nitrogen and oxygen atoms in total. The van der Waals surface area contributed by atoms with Gasteiger partial charge in [-0.1, -0.05) is 54.6 Å². The Balaban J connectivity index is 2.51. The first kappa shape index (κ1) is 20.9. The molecule has 3 aromatic rings. The minimum absolute atomic E-state index is 0.186. The number of hydrogen-bond donors (Lipinski definition) is 1. The molecule has 144 valence electrons. The standard InChI is InChI=1S/C24H21N2OPS/c1-19(27)26-24(29-2)23(18-25)28(20-12-6-3-7-13-20,21-14-8-4-9-15-21)22-16-10-5-11-17-22/h3-17H,1-2H3/p+1/b24-23-. The summed E-state index contributed by atoms with van der Waals surface area (Å²) in [6, 6.07) is 32.9. The number of rotatable bonds is 6. The van der Waals surface area contributed by atoms with Crippen LogP contribution in [0.4, 0.5) is 0 Å². The number of amides is 1. The normalized spacial score (nSPS) is 11.9. The molecule has 1 N–H and O–H groups in total. The second-order valence-corrected chi connectivity index (χ2v) is 10.5. The Morgan fingerprint density at radius 1 is 0.828 bits per heavy atom. The highest BCUT2D eigenvalue weighted by atomic mass is 32.2. The summed E-state index contributed by atoms with van der Waals surface area (Å²) in [5, 5.41) is 17.7. The highest BCUT2D eigenvalue weighted by molar-refractivity contribution is 8.04. The van der Waals surface area contributed by atoms with Crippen LogP contribution < -0.4 is 21.2 Å². The fraction of sp³-hybridized carbons (Fsp3) is 0.0833. The molecule has 0 aliphatic carbocycles. The minimum Gasteiger partial charge on any atom is -0.317 e. The molecule has 0 aliphatic heterocycles. The van der Waals surface area contributed by atoms with Crippen molar-refractivity contribution in [3.05, 3.63) is 101 Å². The van der Waals surface area contributed by atoms with Crippen LogP contribution in [0.25, 0.3) is 0 Å². The summed E-state index contributed by atoms with van der Waals surface area (Å²) in [6.45, 7) is 1.47. The Kier molecular flexibility index (Phi) is 6.88. The SMILES string of the molecule is CS/C(NC(C)=O)=C(/C#N)[P+](c1ccccc1)(c1ccccc1)c1ccccc1. The van der Waals surface area contributed by atoms with Crippen molar-refractivity contribution in [1.82, 2.24) is 5.32 Å². The Morgan fingerprint density at radius 3 is 1.48 bits per heavy atom. The van der Waals surface area contributed by atoms with Crippen molar-refractivity contribution in [2.75, 3.05) is 6.26 Å². The monoisotopic (exact) mass is 417 g/mol. The van der Waals surface area contributed by atoms with Gasteiger partial charge in [-0.25, -0.2) is 0 Å². The Bertz CT molecular complexity index is 948. The van der Waals surface area contributed by atoms with E-state index in [-0.39, 0.29) is 5.91 Å². The quantitative estimate of drug-likeness (QED) is 0.484. The molecular formula is C24H22N2OPS+. The molecule has 3 aromatic carbocycles. The van der Waals surface area contributed by atoms with E-state index in [1.165, 1.54) is 18.7 Å². The van der Waals surface area contributed by atoms with Crippen LogP contribution >= 0.6 is 19.0 Å². The first-order chi connectivity index (χ1) is 14.1. The summed E-state index contributed by atoms with van der Waals surface area (Å²) >= 11 is 1.39. The van der Waals surface area contributed by atoms with E-state index in [0.29, 0.717) is 10.3 Å². The molecule has 3 rings (SSSR count). The summed E-state index contributed by atoms with van der Waals surface area (Å²) in [5.74, 6) is -0.186. The molecule has 0 bridgehead atoms. The minimum atomic E-state index is -2.51. The number of nitrogens with zero attached hydrogens (tertiary/aromatic N) is 1. The highest BCUT2D eigenvalue weighted by Crippen LogP contribution is 2.63. The maximum absolute atomic E-state index is 11.9. The smallest absolute Gasteiger partial charge is 0.221 e. The molecule has 1 amide bonds. The summed E-state index contributed by atoms with van der Waals surface area (Å²) in [7, 11) is -2.51. The van der Waals surface area contributed by atoms with Crippen LogP contribution in [0.5, 0.6) is 0 Å². The van der Waals surface area contributed by atoms with Gasteiger partial charge in [-0.3, -0.25) is 4.79 Å². The number of nitriles is 1. The fourth-order valence-corrected chi connectivity index (χ4v) is 8.64. The van der Waals surface area contributed by atoms with Gasteiger partial charge in [-0.15, -0.1) is 11.8 Å². The van der Waals surface area contributed by atoms with Crippen molar-refractivity contribution in [1.29, 1.82) is 5.26 Å². The van der Waals surface area contributed by atoms with Crippen LogP contribution in [0.2, 0.25) is 0 Å². The third kappa shape index (κ3) is 4.12. The lowest BCUT2D eigenvalue weighted by molar-refractivity contribution is -0.118. The number of thioether (sulfide) groups is 1. The average molecular weight is 417 g/mol. The first-order valence-electron chi connectivity index (χ1n) is 9.17. The lowest BCUT2D eigenvalue weighted by Crippen LogP contribution is -2.34. The van der Waals surface area contributed by atoms with Gasteiger partial charge in [0.2, 0.25) is 11.2 Å². The zero-order chi connectivity index (χ0) is 20.7. The number of benzene rings is 3. The molecule has 5 heteroatoms. The fourth-order valence-electron chi connectivity index (χ4n) is 3.43. The van der Waals surface area contributed by atoms with E-state index in [0.717, 1.165) is 15.9 Å². The molecular weight excluding hydrogens is 395 g/mol. The van der Waals surface area contributed by atoms with Gasteiger partial charge in [0.15, 0.2) is 7.26 Å². The number of nitrogens with one attached hydrogen (secondary N) is 1. The van der Waals surface area contributed by atoms with Crippen LogP contribution in [0, 0.1) is 11.3 Å². The molecule has 0 aromatic heterocycles. The van der Waals surface area contributed by atoms with Crippen LogP contribution in [0.1, 0.15) is 6.92 Å². The molecule has 0 heterocycles. The van der Waals surface area contributed by atoms with Crippen LogP contribution in [0.3, 0.4) is 0 Å². The van der Waals surface area contributed by atoms with Gasteiger partial charge < -0.3 is 5.32 Å². The van der Waals surface area contributed by atoms with Crippen molar-refractivity contribution in [2.45, 2.75) is 6.92 Å². The van der Waals surface area contributed by atoms with Crippen molar-refractivity contribution in [3.8, 4) is 6.07 Å². The third-order valence-electron chi connectivity index (χ3n) is 4.58. The van der Waals surface area contributed by atoms with E-state index >= 15 is 0 Å². The zero-order valence-electron chi connectivity index (χ0n) is 16.4. The van der Waals surface area contributed by atoms with E-state index in [4.69, 9.17) is 0 Å². The molecule has 0 aliphatic rings. The molecule has 0 saturated carbocycles. The van der Waals surface area contributed by atoms with E-state index in [2.05, 4.69) is 47.8 Å². The van der Waals surface area contributed by atoms with E-state index in [9.17, 15) is 10.1 Å². The number of hydrogen-bond acceptors (Lipinski definition) is 3. The maximum atomic E-state index is 11.9. The van der Waals surface area contributed by atoms with Gasteiger partial charge >= 0.3 is 0 Å². The van der Waals surface area contributed by atoms with Gasteiger partial charge in [0.05, 0.1) is 0 Å². The van der Waals surface area contributed by atoms with Gasteiger partial charge in [0.25, 0.3) is 0 Å². The second kappa shape index (κ2) is 9.56. The largest absolute Gasteiger partial charge is 0.317 e. The lowest BCUT2D eigenvalue weighted by Gasteiger charge is -2.27. The Labute approximate surface area is 176 Å². The molecule has 0 spiro atoms. The van der Waals surface area contributed by atoms with Gasteiger partial charge in [0, 0.05) is 6.92 Å². The third-order valence-corrected chi connectivity index (χ3v) is 9.66. The number of carbonyl (C=O) groups excluding carboxylic acids is 1. The Hall–Kier alpha value is -2.86. The van der Waals surface area contributed by atoms with E-state index in [1.54, 1.807) is 0 Å². The predicted molar refractivity (Wildman–Crippen MR) is 125 cm³/mol. The second-order valence-electron chi connectivity index (χ2n) is 6.35. The van der Waals surface area contributed by atoms with Crippen molar-refractivity contribution in [3.63, 3.8) is 0 Å². The zero-order valence-corrected chi connectivity index (χ0v) is 18.1. The van der Waals surface area contributed by atoms with Crippen molar-refractivity contribution >= 4 is 40.8 Å². The molecule has 0 unspecified atom stereocenters. The molecule has 0 fully saturated rings. The van der Waals surface area contributed by atoms with E-state index in [1.807, 2.05) is 60.9 Å². The van der Waals surface area contributed by atoms with E-state index < -0.39 is 7.26 Å². The number of allylic oxidation sites excluding steroid dienone is 1. The topological polar surface area (TPSA) is 52.9 Å². The highest BCUT2D eigenvalue weighted by Gasteiger charge is 2.51.